The van der Waals surface area contributed by atoms with Crippen LogP contribution in [0, 0.1) is 6.92 Å². The normalized spacial score (nSPS) is 15.8. The van der Waals surface area contributed by atoms with Crippen LogP contribution in [-0.4, -0.2) is 118 Å². The monoisotopic (exact) mass is 739 g/mol. The molecule has 1 atom stereocenters. The number of hydrogen-bond donors (Lipinski definition) is 5. The molecule has 4 rings (SSSR count). The Kier molecular flexibility index (Phi) is 11.9. The molecule has 15 nitrogen and oxygen atoms in total. The second-order valence-electron chi connectivity index (χ2n) is 13.9. The predicted molar refractivity (Wildman–Crippen MR) is 185 cm³/mol. The summed E-state index contributed by atoms with van der Waals surface area (Å²) in [7, 11) is 1.51. The lowest BCUT2D eigenvalue weighted by Crippen LogP contribution is -2.51. The molecule has 5 N–H and O–H groups in total. The molecule has 0 fully saturated rings. The van der Waals surface area contributed by atoms with Gasteiger partial charge in [0.15, 0.2) is 5.70 Å². The highest BCUT2D eigenvalue weighted by molar-refractivity contribution is 7.85. The summed E-state index contributed by atoms with van der Waals surface area (Å²) in [5.74, 6) is -4.58. The first-order valence-corrected chi connectivity index (χ1v) is 18.2. The van der Waals surface area contributed by atoms with E-state index in [1.54, 1.807) is 32.1 Å². The van der Waals surface area contributed by atoms with Crippen LogP contribution in [0.5, 0.6) is 11.8 Å². The summed E-state index contributed by atoms with van der Waals surface area (Å²) >= 11 is 0. The maximum atomic E-state index is 16.3. The van der Waals surface area contributed by atoms with Crippen molar-refractivity contribution in [1.29, 1.82) is 0 Å². The number of halogens is 2. The van der Waals surface area contributed by atoms with E-state index in [9.17, 15) is 37.6 Å². The van der Waals surface area contributed by atoms with E-state index in [2.05, 4.69) is 31.8 Å². The van der Waals surface area contributed by atoms with E-state index < -0.39 is 58.4 Å². The molecule has 4 heterocycles. The van der Waals surface area contributed by atoms with Crippen molar-refractivity contribution in [2.24, 2.45) is 0 Å². The number of aromatic hydroxyl groups is 2. The number of rotatable bonds is 17. The number of nitrogens with zero attached hydrogens (tertiary/aromatic N) is 4. The fraction of sp³-hybridized carbons (Fsp3) is 0.500. The van der Waals surface area contributed by atoms with Crippen LogP contribution in [0.1, 0.15) is 62.4 Å². The molecule has 0 aromatic carbocycles. The van der Waals surface area contributed by atoms with E-state index in [0.29, 0.717) is 33.8 Å². The first-order valence-electron chi connectivity index (χ1n) is 16.6. The van der Waals surface area contributed by atoms with Gasteiger partial charge in [0.05, 0.1) is 27.7 Å². The van der Waals surface area contributed by atoms with Crippen LogP contribution < -0.4 is 15.5 Å². The smallest absolute Gasteiger partial charge is 0.492 e. The Morgan fingerprint density at radius 3 is 2.31 bits per heavy atom. The van der Waals surface area contributed by atoms with E-state index in [0.717, 1.165) is 44.1 Å². The molecule has 2 aromatic rings. The Bertz CT molecular complexity index is 1870. The zero-order valence-corrected chi connectivity index (χ0v) is 30.2. The summed E-state index contributed by atoms with van der Waals surface area (Å²) in [5, 5.41) is 23.8. The fourth-order valence-electron chi connectivity index (χ4n) is 6.26. The second-order valence-corrected chi connectivity index (χ2v) is 15.4. The Hall–Kier alpha value is -4.49. The minimum atomic E-state index is -4.72. The molecule has 2 aliphatic rings. The molecule has 19 heteroatoms. The number of allylic oxidation sites excluding steroid dienone is 2. The van der Waals surface area contributed by atoms with Gasteiger partial charge in [0, 0.05) is 67.8 Å². The van der Waals surface area contributed by atoms with Crippen LogP contribution in [0.4, 0.5) is 8.63 Å². The van der Waals surface area contributed by atoms with E-state index in [4.69, 9.17) is 4.84 Å². The zero-order chi connectivity index (χ0) is 37.9. The van der Waals surface area contributed by atoms with Crippen molar-refractivity contribution < 1.29 is 60.0 Å². The minimum absolute atomic E-state index is 0.0362. The van der Waals surface area contributed by atoms with E-state index >= 15 is 8.63 Å². The van der Waals surface area contributed by atoms with Crippen molar-refractivity contribution >= 4 is 46.7 Å². The molecular formula is C32H46BF2N6O9S+. The highest BCUT2D eigenvalue weighted by Gasteiger charge is 2.53. The van der Waals surface area contributed by atoms with Crippen LogP contribution in [0.15, 0.2) is 35.5 Å². The standard InChI is InChI=1S/C32H45BF2N6O9S/c1-21-17-24(39-26(21)19-27-23(9-8-16-41(3,4)5)18-22(2)38(27)33(39,34)35)11-12-28(42)37-25(20-51(47,48)49)32(46)36-15-7-6-10-31(45)50-40-29(43)13-14-30(40)44/h13-14,17-19,25H,6-12,15-16,20H2,1-5H3,(H4-,36,37,42,43,44,46,47,48,49)/p+1. The number of aromatic nitrogens is 2. The van der Waals surface area contributed by atoms with E-state index in [-0.39, 0.29) is 44.4 Å². The molecule has 0 aliphatic carbocycles. The summed E-state index contributed by atoms with van der Waals surface area (Å²) < 4.78 is 68.6. The number of hydrogen-bond acceptors (Lipinski definition) is 8. The lowest BCUT2D eigenvalue weighted by Gasteiger charge is -2.31. The van der Waals surface area contributed by atoms with Crippen LogP contribution in [0.25, 0.3) is 6.08 Å². The topological polar surface area (TPSA) is 192 Å². The second kappa shape index (κ2) is 15.4. The fourth-order valence-corrected chi connectivity index (χ4v) is 6.91. The summed E-state index contributed by atoms with van der Waals surface area (Å²) in [6.07, 6.45) is 4.60. The van der Waals surface area contributed by atoms with Crippen LogP contribution >= 0.6 is 0 Å². The van der Waals surface area contributed by atoms with Crippen LogP contribution in [-0.2, 0) is 30.9 Å². The maximum absolute atomic E-state index is 16.3. The lowest BCUT2D eigenvalue weighted by molar-refractivity contribution is -0.870. The van der Waals surface area contributed by atoms with Gasteiger partial charge < -0.3 is 47.8 Å². The molecule has 2 aromatic heterocycles. The number of carbonyl (C=O) groups excluding carboxylic acids is 3. The number of unbranched alkanes of at least 4 members (excludes halogenated alkanes) is 1. The summed E-state index contributed by atoms with van der Waals surface area (Å²) in [5.41, 5.74) is 2.87. The van der Waals surface area contributed by atoms with Gasteiger partial charge in [0.25, 0.3) is 10.1 Å². The quantitative estimate of drug-likeness (QED) is 0.0696. The third-order valence-corrected chi connectivity index (χ3v) is 9.37. The van der Waals surface area contributed by atoms with Crippen molar-refractivity contribution in [3.8, 4) is 11.8 Å². The predicted octanol–water partition coefficient (Wildman–Crippen LogP) is 1.73. The van der Waals surface area contributed by atoms with Gasteiger partial charge in [0.2, 0.25) is 23.6 Å². The number of carbonyl (C=O) groups is 3. The van der Waals surface area contributed by atoms with E-state index in [1.165, 1.54) is 0 Å². The average molecular weight is 740 g/mol. The summed E-state index contributed by atoms with van der Waals surface area (Å²) in [4.78, 5) is 42.5. The largest absolute Gasteiger partial charge is 0.737 e. The third-order valence-electron chi connectivity index (χ3n) is 8.61. The van der Waals surface area contributed by atoms with Crippen molar-refractivity contribution in [3.05, 3.63) is 52.5 Å². The number of amides is 2. The van der Waals surface area contributed by atoms with Crippen LogP contribution in [0.2, 0.25) is 0 Å². The molecule has 2 amide bonds. The van der Waals surface area contributed by atoms with Gasteiger partial charge in [-0.05, 0) is 50.4 Å². The van der Waals surface area contributed by atoms with Gasteiger partial charge in [-0.3, -0.25) is 14.1 Å². The third kappa shape index (κ3) is 9.86. The van der Waals surface area contributed by atoms with Gasteiger partial charge in [-0.15, -0.1) is 4.73 Å². The van der Waals surface area contributed by atoms with Crippen molar-refractivity contribution in [2.75, 3.05) is 40.0 Å². The molecule has 0 saturated carbocycles. The first kappa shape index (κ1) is 39.3. The van der Waals surface area contributed by atoms with Gasteiger partial charge in [-0.1, -0.05) is 0 Å². The van der Waals surface area contributed by atoms with Gasteiger partial charge >= 0.3 is 12.9 Å². The van der Waals surface area contributed by atoms with Gasteiger partial charge in [0.1, 0.15) is 17.5 Å². The van der Waals surface area contributed by atoms with Crippen molar-refractivity contribution in [2.45, 2.75) is 64.8 Å². The molecule has 51 heavy (non-hydrogen) atoms. The van der Waals surface area contributed by atoms with E-state index in [1.807, 2.05) is 0 Å². The number of aryl methyl sites for hydroxylation is 2. The minimum Gasteiger partial charge on any atom is -0.492 e. The molecule has 0 saturated heterocycles. The first-order chi connectivity index (χ1) is 23.7. The van der Waals surface area contributed by atoms with Crippen LogP contribution in [0.3, 0.4) is 0 Å². The Balaban J connectivity index is 1.36. The summed E-state index contributed by atoms with van der Waals surface area (Å²) in [6.45, 7) is -0.101. The Labute approximate surface area is 295 Å². The zero-order valence-electron chi connectivity index (χ0n) is 29.4. The molecule has 1 unspecified atom stereocenters. The number of quaternary nitrogens is 1. The average Bonchev–Trinajstić information content (AvgIpc) is 3.62. The number of nitrogens with one attached hydrogen (secondary N) is 2. The SMILES string of the molecule is CC1=CC(CCC(=O)NC(CS(=O)(=O)O)C(=O)NCCCCC(=O)On2c(O)ccc2O)=[N+]2C1=Cc1c(CCC[N+](C)(C)C)cc(C)n1[B-]2(F)F. The van der Waals surface area contributed by atoms with Crippen molar-refractivity contribution in [3.63, 3.8) is 0 Å². The van der Waals surface area contributed by atoms with Gasteiger partial charge in [-0.25, -0.2) is 4.79 Å². The highest BCUT2D eigenvalue weighted by Crippen LogP contribution is 2.37. The molecule has 0 spiro atoms. The number of fused-ring (bicyclic) bond motifs is 2. The molecule has 2 aliphatic heterocycles. The summed E-state index contributed by atoms with van der Waals surface area (Å²) in [6, 6.07) is 2.36. The van der Waals surface area contributed by atoms with Gasteiger partial charge in [-0.2, -0.15) is 8.42 Å². The highest BCUT2D eigenvalue weighted by atomic mass is 32.2. The molecule has 280 valence electrons. The maximum Gasteiger partial charge on any atom is 0.737 e. The Morgan fingerprint density at radius 2 is 1.69 bits per heavy atom. The Morgan fingerprint density at radius 1 is 1.02 bits per heavy atom. The van der Waals surface area contributed by atoms with Crippen molar-refractivity contribution in [1.82, 2.24) is 19.8 Å². The lowest BCUT2D eigenvalue weighted by atomic mass is 9.89. The molecule has 0 bridgehead atoms. The molecular weight excluding hydrogens is 693 g/mol. The molecule has 0 radical (unpaired) electrons.